The maximum absolute atomic E-state index is 11.7. The van der Waals surface area contributed by atoms with E-state index in [0.717, 1.165) is 0 Å². The molecule has 0 aliphatic rings. The van der Waals surface area contributed by atoms with Crippen LogP contribution in [0.3, 0.4) is 0 Å². The number of hydrogen-bond donors (Lipinski definition) is 2. The van der Waals surface area contributed by atoms with Crippen LogP contribution >= 0.6 is 0 Å². The van der Waals surface area contributed by atoms with E-state index in [1.165, 1.54) is 32.4 Å². The van der Waals surface area contributed by atoms with Crippen LogP contribution < -0.4 is 10.1 Å². The van der Waals surface area contributed by atoms with Gasteiger partial charge in [-0.05, 0) is 12.1 Å². The van der Waals surface area contributed by atoms with Crippen LogP contribution in [0.15, 0.2) is 18.2 Å². The summed E-state index contributed by atoms with van der Waals surface area (Å²) in [6.07, 6.45) is 0. The van der Waals surface area contributed by atoms with Crippen LogP contribution in [0.2, 0.25) is 0 Å². The molecule has 110 valence electrons. The number of carbonyl (C=O) groups excluding carboxylic acids is 2. The molecular weight excluding hydrogens is 266 g/mol. The van der Waals surface area contributed by atoms with Crippen LogP contribution in [0.1, 0.15) is 10.4 Å². The van der Waals surface area contributed by atoms with Crippen molar-refractivity contribution in [3.05, 3.63) is 23.8 Å². The molecule has 1 rings (SSSR count). The van der Waals surface area contributed by atoms with E-state index in [0.29, 0.717) is 13.2 Å². The molecule has 1 aromatic rings. The summed E-state index contributed by atoms with van der Waals surface area (Å²) in [6.45, 7) is 0.271. The van der Waals surface area contributed by atoms with Crippen LogP contribution in [0.4, 0.5) is 0 Å². The number of nitrogens with one attached hydrogen (secondary N) is 1. The normalized spacial score (nSPS) is 9.90. The largest absolute Gasteiger partial charge is 0.504 e. The molecule has 0 saturated carbocycles. The van der Waals surface area contributed by atoms with Crippen LogP contribution in [0.5, 0.6) is 11.5 Å². The fraction of sp³-hybridized carbons (Fsp3) is 0.385. The Morgan fingerprint density at radius 2 is 2.05 bits per heavy atom. The maximum Gasteiger partial charge on any atom is 0.342 e. The number of methoxy groups -OCH3 is 2. The zero-order valence-electron chi connectivity index (χ0n) is 11.3. The summed E-state index contributed by atoms with van der Waals surface area (Å²) in [5.41, 5.74) is -0.0611. The van der Waals surface area contributed by atoms with Crippen molar-refractivity contribution in [3.8, 4) is 11.5 Å². The van der Waals surface area contributed by atoms with Crippen molar-refractivity contribution in [2.24, 2.45) is 0 Å². The second-order valence-electron chi connectivity index (χ2n) is 3.78. The zero-order chi connectivity index (χ0) is 15.0. The fourth-order valence-corrected chi connectivity index (χ4v) is 1.40. The van der Waals surface area contributed by atoms with Gasteiger partial charge in [-0.15, -0.1) is 0 Å². The highest BCUT2D eigenvalue weighted by Crippen LogP contribution is 2.29. The van der Waals surface area contributed by atoms with E-state index in [1.54, 1.807) is 0 Å². The van der Waals surface area contributed by atoms with Crippen molar-refractivity contribution in [2.45, 2.75) is 0 Å². The predicted molar refractivity (Wildman–Crippen MR) is 69.8 cm³/mol. The lowest BCUT2D eigenvalue weighted by Crippen LogP contribution is -2.31. The Balaban J connectivity index is 2.53. The SMILES string of the molecule is COCCNC(=O)COC(=O)c1cccc(OC)c1O. The van der Waals surface area contributed by atoms with Crippen LogP contribution in [0, 0.1) is 0 Å². The van der Waals surface area contributed by atoms with Crippen LogP contribution in [-0.2, 0) is 14.3 Å². The lowest BCUT2D eigenvalue weighted by Gasteiger charge is -2.09. The van der Waals surface area contributed by atoms with Crippen molar-refractivity contribution in [2.75, 3.05) is 34.0 Å². The van der Waals surface area contributed by atoms with Crippen molar-refractivity contribution in [1.29, 1.82) is 0 Å². The molecule has 7 nitrogen and oxygen atoms in total. The Kier molecular flexibility index (Phi) is 6.31. The molecule has 0 bridgehead atoms. The van der Waals surface area contributed by atoms with Gasteiger partial charge in [0.25, 0.3) is 5.91 Å². The van der Waals surface area contributed by atoms with Crippen molar-refractivity contribution >= 4 is 11.9 Å². The average molecular weight is 283 g/mol. The fourth-order valence-electron chi connectivity index (χ4n) is 1.40. The number of amides is 1. The number of phenols is 1. The molecule has 0 heterocycles. The van der Waals surface area contributed by atoms with E-state index in [1.807, 2.05) is 0 Å². The maximum atomic E-state index is 11.7. The molecule has 0 fully saturated rings. The zero-order valence-corrected chi connectivity index (χ0v) is 11.3. The third-order valence-electron chi connectivity index (χ3n) is 2.40. The van der Waals surface area contributed by atoms with E-state index >= 15 is 0 Å². The first-order valence-electron chi connectivity index (χ1n) is 5.89. The number of rotatable bonds is 7. The highest BCUT2D eigenvalue weighted by Gasteiger charge is 2.17. The molecule has 2 N–H and O–H groups in total. The molecule has 0 aliphatic heterocycles. The number of ether oxygens (including phenoxy) is 3. The number of aromatic hydroxyl groups is 1. The minimum absolute atomic E-state index is 0.0611. The summed E-state index contributed by atoms with van der Waals surface area (Å²) >= 11 is 0. The molecule has 0 aromatic heterocycles. The third-order valence-corrected chi connectivity index (χ3v) is 2.40. The van der Waals surface area contributed by atoms with E-state index in [2.05, 4.69) is 5.32 Å². The summed E-state index contributed by atoms with van der Waals surface area (Å²) in [4.78, 5) is 23.1. The lowest BCUT2D eigenvalue weighted by molar-refractivity contribution is -0.124. The molecule has 0 spiro atoms. The second kappa shape index (κ2) is 8.00. The van der Waals surface area contributed by atoms with Gasteiger partial charge in [0, 0.05) is 13.7 Å². The summed E-state index contributed by atoms with van der Waals surface area (Å²) < 4.78 is 14.4. The van der Waals surface area contributed by atoms with Gasteiger partial charge >= 0.3 is 5.97 Å². The highest BCUT2D eigenvalue weighted by atomic mass is 16.5. The minimum Gasteiger partial charge on any atom is -0.504 e. The Morgan fingerprint density at radius 1 is 1.30 bits per heavy atom. The molecule has 0 radical (unpaired) electrons. The third kappa shape index (κ3) is 4.43. The number of para-hydroxylation sites is 1. The first-order valence-corrected chi connectivity index (χ1v) is 5.89. The smallest absolute Gasteiger partial charge is 0.342 e. The number of phenolic OH excluding ortho intramolecular Hbond substituents is 1. The van der Waals surface area contributed by atoms with Gasteiger partial charge in [-0.3, -0.25) is 4.79 Å². The van der Waals surface area contributed by atoms with Gasteiger partial charge < -0.3 is 24.6 Å². The minimum atomic E-state index is -0.803. The summed E-state index contributed by atoms with van der Waals surface area (Å²) in [7, 11) is 2.88. The van der Waals surface area contributed by atoms with Gasteiger partial charge in [0.2, 0.25) is 0 Å². The lowest BCUT2D eigenvalue weighted by atomic mass is 10.2. The first-order chi connectivity index (χ1) is 9.60. The van der Waals surface area contributed by atoms with Gasteiger partial charge in [-0.25, -0.2) is 4.79 Å². The standard InChI is InChI=1S/C13H17NO6/c1-18-7-6-14-11(15)8-20-13(17)9-4-3-5-10(19-2)12(9)16/h3-5,16H,6-8H2,1-2H3,(H,14,15). The Morgan fingerprint density at radius 3 is 2.70 bits per heavy atom. The molecule has 0 atom stereocenters. The quantitative estimate of drug-likeness (QED) is 0.553. The van der Waals surface area contributed by atoms with Crippen LogP contribution in [-0.4, -0.2) is 51.0 Å². The van der Waals surface area contributed by atoms with E-state index < -0.39 is 18.5 Å². The Bertz CT molecular complexity index is 474. The van der Waals surface area contributed by atoms with Gasteiger partial charge in [-0.2, -0.15) is 0 Å². The predicted octanol–water partition coefficient (Wildman–Crippen LogP) is 0.320. The van der Waals surface area contributed by atoms with Gasteiger partial charge in [-0.1, -0.05) is 6.07 Å². The van der Waals surface area contributed by atoms with Crippen molar-refractivity contribution in [1.82, 2.24) is 5.32 Å². The molecule has 0 unspecified atom stereocenters. The molecule has 0 saturated heterocycles. The van der Waals surface area contributed by atoms with E-state index in [4.69, 9.17) is 14.2 Å². The van der Waals surface area contributed by atoms with Crippen molar-refractivity contribution in [3.63, 3.8) is 0 Å². The molecular formula is C13H17NO6. The molecule has 7 heteroatoms. The summed E-state index contributed by atoms with van der Waals surface area (Å²) in [6, 6.07) is 4.42. The molecule has 1 aromatic carbocycles. The number of esters is 1. The molecule has 0 aliphatic carbocycles. The monoisotopic (exact) mass is 283 g/mol. The van der Waals surface area contributed by atoms with Gasteiger partial charge in [0.1, 0.15) is 5.56 Å². The number of carbonyl (C=O) groups is 2. The topological polar surface area (TPSA) is 94.1 Å². The highest BCUT2D eigenvalue weighted by molar-refractivity contribution is 5.94. The summed E-state index contributed by atoms with van der Waals surface area (Å²) in [5, 5.41) is 12.3. The van der Waals surface area contributed by atoms with Gasteiger partial charge in [0.05, 0.1) is 13.7 Å². The Hall–Kier alpha value is -2.28. The number of hydrogen-bond acceptors (Lipinski definition) is 6. The second-order valence-corrected chi connectivity index (χ2v) is 3.78. The van der Waals surface area contributed by atoms with Gasteiger partial charge in [0.15, 0.2) is 18.1 Å². The number of benzene rings is 1. The van der Waals surface area contributed by atoms with E-state index in [9.17, 15) is 14.7 Å². The average Bonchev–Trinajstić information content (AvgIpc) is 2.45. The van der Waals surface area contributed by atoms with Crippen LogP contribution in [0.25, 0.3) is 0 Å². The van der Waals surface area contributed by atoms with E-state index in [-0.39, 0.29) is 17.1 Å². The first kappa shape index (κ1) is 15.8. The van der Waals surface area contributed by atoms with Crippen molar-refractivity contribution < 1.29 is 28.9 Å². The Labute approximate surface area is 116 Å². The molecule has 1 amide bonds. The molecule has 20 heavy (non-hydrogen) atoms. The summed E-state index contributed by atoms with van der Waals surface area (Å²) in [5.74, 6) is -1.41.